The Kier molecular flexibility index (Phi) is 9.30. The quantitative estimate of drug-likeness (QED) is 0.168. The van der Waals surface area contributed by atoms with Crippen molar-refractivity contribution >= 4 is 17.1 Å². The Bertz CT molecular complexity index is 2640. The van der Waals surface area contributed by atoms with E-state index in [0.29, 0.717) is 0 Å². The Morgan fingerprint density at radius 3 is 1.02 bits per heavy atom. The highest BCUT2D eigenvalue weighted by Gasteiger charge is 2.39. The van der Waals surface area contributed by atoms with Crippen LogP contribution in [0.3, 0.4) is 0 Å². The number of hydrogen-bond acceptors (Lipinski definition) is 1. The van der Waals surface area contributed by atoms with Gasteiger partial charge in [0.15, 0.2) is 0 Å². The molecule has 2 aliphatic rings. The van der Waals surface area contributed by atoms with Crippen LogP contribution in [0.1, 0.15) is 129 Å². The molecule has 0 fully saturated rings. The minimum atomic E-state index is -0.175. The number of anilines is 3. The normalized spacial score (nSPS) is 14.9. The van der Waals surface area contributed by atoms with Crippen LogP contribution in [0.4, 0.5) is 17.1 Å². The highest BCUT2D eigenvalue weighted by molar-refractivity contribution is 5.92. The first-order valence-corrected chi connectivity index (χ1v) is 22.3. The second kappa shape index (κ2) is 13.9. The highest BCUT2D eigenvalue weighted by atomic mass is 15.1. The predicted octanol–water partition coefficient (Wildman–Crippen LogP) is 17.0. The molecule has 0 amide bonds. The third kappa shape index (κ3) is 6.77. The Morgan fingerprint density at radius 2 is 0.672 bits per heavy atom. The van der Waals surface area contributed by atoms with Crippen LogP contribution in [0.5, 0.6) is 0 Å². The topological polar surface area (TPSA) is 3.24 Å². The molecule has 0 heterocycles. The SMILES string of the molecule is CC(C)(C)c1ccc2c(c1)C(C)(C)c1cc(-c3cc(N(c4ccccc4)c4ccccc4)cc(-c4ccc5c(c4)C(C)(C)c4cc(C(C)(C)C)ccc4-5)c3C(C)(C)C)ccc1-2. The number of benzene rings is 7. The molecular weight excluding hydrogens is 735 g/mol. The van der Waals surface area contributed by atoms with Crippen LogP contribution >= 0.6 is 0 Å². The molecule has 2 aliphatic carbocycles. The molecule has 0 N–H and O–H groups in total. The van der Waals surface area contributed by atoms with Crippen LogP contribution in [0, 0.1) is 0 Å². The summed E-state index contributed by atoms with van der Waals surface area (Å²) < 4.78 is 0. The Balaban J connectivity index is 1.30. The summed E-state index contributed by atoms with van der Waals surface area (Å²) in [5.41, 5.74) is 23.4. The van der Waals surface area contributed by atoms with E-state index in [1.165, 1.54) is 83.5 Å². The van der Waals surface area contributed by atoms with Gasteiger partial charge >= 0.3 is 0 Å². The van der Waals surface area contributed by atoms with E-state index in [9.17, 15) is 0 Å². The molecule has 0 aliphatic heterocycles. The first-order valence-electron chi connectivity index (χ1n) is 22.3. The molecule has 0 aromatic heterocycles. The molecule has 61 heavy (non-hydrogen) atoms. The van der Waals surface area contributed by atoms with E-state index in [2.05, 4.69) is 241 Å². The molecule has 0 spiro atoms. The van der Waals surface area contributed by atoms with Crippen molar-refractivity contribution in [1.82, 2.24) is 0 Å². The lowest BCUT2D eigenvalue weighted by atomic mass is 9.75. The highest BCUT2D eigenvalue weighted by Crippen LogP contribution is 2.54. The van der Waals surface area contributed by atoms with E-state index in [1.54, 1.807) is 0 Å². The fourth-order valence-electron chi connectivity index (χ4n) is 10.4. The van der Waals surface area contributed by atoms with E-state index in [1.807, 2.05) is 0 Å². The molecule has 9 rings (SSSR count). The van der Waals surface area contributed by atoms with Crippen molar-refractivity contribution in [3.8, 4) is 44.5 Å². The van der Waals surface area contributed by atoms with Crippen molar-refractivity contribution in [2.45, 2.75) is 117 Å². The second-order valence-corrected chi connectivity index (χ2v) is 22.0. The fraction of sp³-hybridized carbons (Fsp3) is 0.300. The molecule has 0 bridgehead atoms. The minimum Gasteiger partial charge on any atom is -0.310 e. The van der Waals surface area contributed by atoms with E-state index in [-0.39, 0.29) is 27.1 Å². The van der Waals surface area contributed by atoms with Crippen LogP contribution in [0.2, 0.25) is 0 Å². The zero-order chi connectivity index (χ0) is 43.4. The molecule has 0 unspecified atom stereocenters. The van der Waals surface area contributed by atoms with E-state index >= 15 is 0 Å². The lowest BCUT2D eigenvalue weighted by molar-refractivity contribution is 0.584. The van der Waals surface area contributed by atoms with Crippen molar-refractivity contribution in [3.05, 3.63) is 185 Å². The van der Waals surface area contributed by atoms with Crippen LogP contribution in [0.25, 0.3) is 44.5 Å². The maximum atomic E-state index is 2.52. The molecule has 1 heteroatoms. The zero-order valence-electron chi connectivity index (χ0n) is 38.8. The Labute approximate surface area is 366 Å². The van der Waals surface area contributed by atoms with Crippen LogP contribution in [-0.2, 0) is 27.1 Å². The average Bonchev–Trinajstić information content (AvgIpc) is 3.58. The monoisotopic (exact) mass is 797 g/mol. The maximum absolute atomic E-state index is 2.52. The van der Waals surface area contributed by atoms with Gasteiger partial charge in [-0.2, -0.15) is 0 Å². The van der Waals surface area contributed by atoms with Gasteiger partial charge in [-0.25, -0.2) is 0 Å². The summed E-state index contributed by atoms with van der Waals surface area (Å²) in [4.78, 5) is 2.43. The average molecular weight is 798 g/mol. The van der Waals surface area contributed by atoms with Crippen molar-refractivity contribution in [1.29, 1.82) is 0 Å². The smallest absolute Gasteiger partial charge is 0.0474 e. The summed E-state index contributed by atoms with van der Waals surface area (Å²) in [6.45, 7) is 30.8. The van der Waals surface area contributed by atoms with Crippen LogP contribution in [0.15, 0.2) is 146 Å². The molecule has 0 radical (unpaired) electrons. The molecule has 7 aromatic rings. The molecular formula is C60H63N. The number of para-hydroxylation sites is 2. The number of rotatable bonds is 5. The largest absolute Gasteiger partial charge is 0.310 e. The second-order valence-electron chi connectivity index (χ2n) is 22.0. The summed E-state index contributed by atoms with van der Waals surface area (Å²) in [5.74, 6) is 0. The van der Waals surface area contributed by atoms with Crippen LogP contribution in [-0.4, -0.2) is 0 Å². The van der Waals surface area contributed by atoms with Gasteiger partial charge in [-0.05, 0) is 148 Å². The number of fused-ring (bicyclic) bond motifs is 6. The zero-order valence-corrected chi connectivity index (χ0v) is 38.8. The van der Waals surface area contributed by atoms with Gasteiger partial charge in [0.1, 0.15) is 0 Å². The number of nitrogens with zero attached hydrogens (tertiary/aromatic N) is 1. The van der Waals surface area contributed by atoms with Gasteiger partial charge in [-0.1, -0.05) is 187 Å². The van der Waals surface area contributed by atoms with Crippen LogP contribution < -0.4 is 4.90 Å². The van der Waals surface area contributed by atoms with Crippen molar-refractivity contribution in [2.75, 3.05) is 4.90 Å². The van der Waals surface area contributed by atoms with Crippen molar-refractivity contribution in [3.63, 3.8) is 0 Å². The Hall–Kier alpha value is -5.66. The molecule has 0 atom stereocenters. The third-order valence-corrected chi connectivity index (χ3v) is 13.9. The predicted molar refractivity (Wildman–Crippen MR) is 263 cm³/mol. The molecule has 308 valence electrons. The van der Waals surface area contributed by atoms with Gasteiger partial charge in [0, 0.05) is 27.9 Å². The maximum Gasteiger partial charge on any atom is 0.0474 e. The standard InChI is InChI=1S/C60H63N/c1-56(2,3)40-26-30-47-45-28-24-38(32-51(45)59(10,11)53(47)34-40)49-36-44(61(42-20-16-14-17-21-42)43-22-18-15-19-23-43)37-50(55(49)58(7,8)9)39-25-29-46-48-31-27-41(57(4,5)6)35-54(48)60(12,13)52(46)33-39/h14-37H,1-13H3. The van der Waals surface area contributed by atoms with Gasteiger partial charge in [0.2, 0.25) is 0 Å². The third-order valence-electron chi connectivity index (χ3n) is 13.9. The van der Waals surface area contributed by atoms with Gasteiger partial charge in [-0.15, -0.1) is 0 Å². The molecule has 0 saturated heterocycles. The van der Waals surface area contributed by atoms with E-state index in [0.717, 1.165) is 17.1 Å². The first-order chi connectivity index (χ1) is 28.7. The lowest BCUT2D eigenvalue weighted by Crippen LogP contribution is -2.19. The van der Waals surface area contributed by atoms with E-state index < -0.39 is 0 Å². The van der Waals surface area contributed by atoms with Gasteiger partial charge in [-0.3, -0.25) is 0 Å². The fourth-order valence-corrected chi connectivity index (χ4v) is 10.4. The Morgan fingerprint density at radius 1 is 0.328 bits per heavy atom. The summed E-state index contributed by atoms with van der Waals surface area (Å²) in [5, 5.41) is 0. The molecule has 7 aromatic carbocycles. The van der Waals surface area contributed by atoms with Gasteiger partial charge < -0.3 is 4.90 Å². The molecule has 1 nitrogen and oxygen atoms in total. The summed E-state index contributed by atoms with van der Waals surface area (Å²) in [7, 11) is 0. The van der Waals surface area contributed by atoms with Crippen molar-refractivity contribution in [2.24, 2.45) is 0 Å². The summed E-state index contributed by atoms with van der Waals surface area (Å²) in [6.07, 6.45) is 0. The first kappa shape index (κ1) is 40.7. The summed E-state index contributed by atoms with van der Waals surface area (Å²) >= 11 is 0. The molecule has 0 saturated carbocycles. The lowest BCUT2D eigenvalue weighted by Gasteiger charge is -2.32. The minimum absolute atomic E-state index is 0.0812. The summed E-state index contributed by atoms with van der Waals surface area (Å²) in [6, 6.07) is 55.7. The number of hydrogen-bond donors (Lipinski definition) is 0. The van der Waals surface area contributed by atoms with Gasteiger partial charge in [0.25, 0.3) is 0 Å². The van der Waals surface area contributed by atoms with E-state index in [4.69, 9.17) is 0 Å². The van der Waals surface area contributed by atoms with Crippen molar-refractivity contribution < 1.29 is 0 Å². The van der Waals surface area contributed by atoms with Gasteiger partial charge in [0.05, 0.1) is 0 Å².